The number of hydrogen-bond acceptors (Lipinski definition) is 3. The molecular weight excluding hydrogens is 276 g/mol. The van der Waals surface area contributed by atoms with Crippen LogP contribution in [-0.4, -0.2) is 18.4 Å². The molecule has 0 atom stereocenters. The van der Waals surface area contributed by atoms with Crippen LogP contribution in [0.2, 0.25) is 0 Å². The van der Waals surface area contributed by atoms with Crippen molar-refractivity contribution < 1.29 is 9.53 Å². The van der Waals surface area contributed by atoms with Crippen molar-refractivity contribution in [3.8, 4) is 0 Å². The minimum atomic E-state index is -0.527. The molecule has 0 bridgehead atoms. The van der Waals surface area contributed by atoms with Crippen LogP contribution in [0.4, 0.5) is 4.79 Å². The highest BCUT2D eigenvalue weighted by molar-refractivity contribution is 5.89. The number of ether oxygens (including phenoxy) is 1. The minimum Gasteiger partial charge on any atom is -0.449 e. The second-order valence-corrected chi connectivity index (χ2v) is 4.84. The van der Waals surface area contributed by atoms with Crippen molar-refractivity contribution in [1.82, 2.24) is 5.43 Å². The first-order valence-corrected chi connectivity index (χ1v) is 7.34. The van der Waals surface area contributed by atoms with Crippen molar-refractivity contribution in [2.75, 3.05) is 6.61 Å². The van der Waals surface area contributed by atoms with Crippen LogP contribution in [0.5, 0.6) is 0 Å². The first kappa shape index (κ1) is 15.8. The lowest BCUT2D eigenvalue weighted by Gasteiger charge is -2.08. The number of nitrogens with one attached hydrogen (secondary N) is 1. The van der Waals surface area contributed by atoms with E-state index in [0.717, 1.165) is 16.8 Å². The maximum absolute atomic E-state index is 11.4. The first-order chi connectivity index (χ1) is 10.8. The number of carbonyl (C=O) groups is 1. The van der Waals surface area contributed by atoms with E-state index in [0.29, 0.717) is 19.4 Å². The summed E-state index contributed by atoms with van der Waals surface area (Å²) < 4.78 is 4.84. The molecule has 0 aliphatic rings. The van der Waals surface area contributed by atoms with Gasteiger partial charge in [0.1, 0.15) is 0 Å². The van der Waals surface area contributed by atoms with Crippen LogP contribution in [0.25, 0.3) is 0 Å². The first-order valence-electron chi connectivity index (χ1n) is 7.34. The van der Waals surface area contributed by atoms with Gasteiger partial charge in [0.25, 0.3) is 0 Å². The van der Waals surface area contributed by atoms with Crippen molar-refractivity contribution in [3.05, 3.63) is 71.8 Å². The summed E-state index contributed by atoms with van der Waals surface area (Å²) in [5, 5.41) is 4.22. The Kier molecular flexibility index (Phi) is 6.18. The lowest BCUT2D eigenvalue weighted by Crippen LogP contribution is -2.22. The van der Waals surface area contributed by atoms with Crippen molar-refractivity contribution in [2.24, 2.45) is 5.10 Å². The van der Waals surface area contributed by atoms with Gasteiger partial charge >= 0.3 is 6.09 Å². The fraction of sp³-hybridized carbons (Fsp3) is 0.222. The Morgan fingerprint density at radius 3 is 1.91 bits per heavy atom. The zero-order valence-electron chi connectivity index (χ0n) is 12.7. The summed E-state index contributed by atoms with van der Waals surface area (Å²) in [6, 6.07) is 20.1. The van der Waals surface area contributed by atoms with E-state index in [1.165, 1.54) is 0 Å². The van der Waals surface area contributed by atoms with Gasteiger partial charge in [-0.3, -0.25) is 0 Å². The van der Waals surface area contributed by atoms with Gasteiger partial charge in [-0.15, -0.1) is 0 Å². The van der Waals surface area contributed by atoms with Crippen LogP contribution in [-0.2, 0) is 17.6 Å². The zero-order chi connectivity index (χ0) is 15.6. The molecule has 1 amide bonds. The lowest BCUT2D eigenvalue weighted by molar-refractivity contribution is 0.152. The molecule has 2 aromatic carbocycles. The molecule has 0 heterocycles. The Balaban J connectivity index is 2.09. The second-order valence-electron chi connectivity index (χ2n) is 4.84. The molecular formula is C18H20N2O2. The summed E-state index contributed by atoms with van der Waals surface area (Å²) in [5.41, 5.74) is 5.64. The van der Waals surface area contributed by atoms with Crippen LogP contribution >= 0.6 is 0 Å². The van der Waals surface area contributed by atoms with E-state index >= 15 is 0 Å². The molecule has 0 radical (unpaired) electrons. The van der Waals surface area contributed by atoms with Gasteiger partial charge in [0.05, 0.1) is 6.61 Å². The predicted molar refractivity (Wildman–Crippen MR) is 87.9 cm³/mol. The Hall–Kier alpha value is -2.62. The molecule has 4 heteroatoms. The molecule has 2 aromatic rings. The van der Waals surface area contributed by atoms with Gasteiger partial charge in [-0.1, -0.05) is 60.7 Å². The fourth-order valence-corrected chi connectivity index (χ4v) is 2.09. The lowest BCUT2D eigenvalue weighted by atomic mass is 10.0. The maximum atomic E-state index is 11.4. The van der Waals surface area contributed by atoms with E-state index in [-0.39, 0.29) is 0 Å². The van der Waals surface area contributed by atoms with E-state index in [1.54, 1.807) is 6.92 Å². The van der Waals surface area contributed by atoms with Crippen LogP contribution in [0.15, 0.2) is 65.8 Å². The summed E-state index contributed by atoms with van der Waals surface area (Å²) in [4.78, 5) is 11.4. The van der Waals surface area contributed by atoms with E-state index < -0.39 is 6.09 Å². The Morgan fingerprint density at radius 1 is 0.955 bits per heavy atom. The molecule has 2 rings (SSSR count). The Bertz CT molecular complexity index is 566. The smallest absolute Gasteiger partial charge is 0.427 e. The Morgan fingerprint density at radius 2 is 1.45 bits per heavy atom. The highest BCUT2D eigenvalue weighted by atomic mass is 16.5. The summed E-state index contributed by atoms with van der Waals surface area (Å²) >= 11 is 0. The Labute approximate surface area is 130 Å². The molecule has 0 spiro atoms. The molecule has 22 heavy (non-hydrogen) atoms. The van der Waals surface area contributed by atoms with Gasteiger partial charge in [-0.05, 0) is 18.1 Å². The molecule has 0 aliphatic carbocycles. The highest BCUT2D eigenvalue weighted by Gasteiger charge is 2.05. The summed E-state index contributed by atoms with van der Waals surface area (Å²) in [7, 11) is 0. The second kappa shape index (κ2) is 8.62. The van der Waals surface area contributed by atoms with Crippen LogP contribution in [0, 0.1) is 0 Å². The van der Waals surface area contributed by atoms with Crippen LogP contribution in [0.1, 0.15) is 18.1 Å². The van der Waals surface area contributed by atoms with Crippen molar-refractivity contribution >= 4 is 11.8 Å². The highest BCUT2D eigenvalue weighted by Crippen LogP contribution is 2.07. The third-order valence-corrected chi connectivity index (χ3v) is 3.08. The number of nitrogens with zero attached hydrogens (tertiary/aromatic N) is 1. The van der Waals surface area contributed by atoms with E-state index in [4.69, 9.17) is 4.74 Å². The zero-order valence-corrected chi connectivity index (χ0v) is 12.7. The third kappa shape index (κ3) is 5.40. The third-order valence-electron chi connectivity index (χ3n) is 3.08. The molecule has 0 aromatic heterocycles. The summed E-state index contributed by atoms with van der Waals surface area (Å²) in [5.74, 6) is 0. The average Bonchev–Trinajstić information content (AvgIpc) is 2.55. The normalized spacial score (nSPS) is 9.86. The number of carbonyl (C=O) groups excluding carboxylic acids is 1. The summed E-state index contributed by atoms with van der Waals surface area (Å²) in [6.45, 7) is 2.09. The fourth-order valence-electron chi connectivity index (χ4n) is 2.09. The predicted octanol–water partition coefficient (Wildman–Crippen LogP) is 3.57. The van der Waals surface area contributed by atoms with Gasteiger partial charge < -0.3 is 4.74 Å². The molecule has 0 saturated heterocycles. The summed E-state index contributed by atoms with van der Waals surface area (Å²) in [6.07, 6.45) is 0.839. The van der Waals surface area contributed by atoms with Crippen LogP contribution < -0.4 is 5.43 Å². The average molecular weight is 296 g/mol. The van der Waals surface area contributed by atoms with Crippen molar-refractivity contribution in [2.45, 2.75) is 19.8 Å². The van der Waals surface area contributed by atoms with Crippen molar-refractivity contribution in [1.29, 1.82) is 0 Å². The standard InChI is InChI=1S/C18H20N2O2/c1-2-22-18(21)20-19-17(13-15-9-5-3-6-10-15)14-16-11-7-4-8-12-16/h3-12H,2,13-14H2,1H3,(H,20,21). The maximum Gasteiger partial charge on any atom is 0.427 e. The molecule has 4 nitrogen and oxygen atoms in total. The number of benzene rings is 2. The van der Waals surface area contributed by atoms with Gasteiger partial charge in [0.2, 0.25) is 0 Å². The van der Waals surface area contributed by atoms with E-state index in [1.807, 2.05) is 60.7 Å². The molecule has 114 valence electrons. The number of rotatable bonds is 6. The van der Waals surface area contributed by atoms with Gasteiger partial charge in [0, 0.05) is 18.6 Å². The van der Waals surface area contributed by atoms with E-state index in [2.05, 4.69) is 10.5 Å². The molecule has 0 saturated carbocycles. The molecule has 0 unspecified atom stereocenters. The number of hydrazone groups is 1. The van der Waals surface area contributed by atoms with Crippen molar-refractivity contribution in [3.63, 3.8) is 0 Å². The van der Waals surface area contributed by atoms with Gasteiger partial charge in [-0.25, -0.2) is 10.2 Å². The number of hydrogen-bond donors (Lipinski definition) is 1. The largest absolute Gasteiger partial charge is 0.449 e. The monoisotopic (exact) mass is 296 g/mol. The number of amides is 1. The van der Waals surface area contributed by atoms with Gasteiger partial charge in [-0.2, -0.15) is 5.10 Å². The topological polar surface area (TPSA) is 50.7 Å². The van der Waals surface area contributed by atoms with Crippen LogP contribution in [0.3, 0.4) is 0 Å². The molecule has 0 aliphatic heterocycles. The quantitative estimate of drug-likeness (QED) is 0.654. The molecule has 0 fully saturated rings. The van der Waals surface area contributed by atoms with E-state index in [9.17, 15) is 4.79 Å². The minimum absolute atomic E-state index is 0.327. The molecule has 1 N–H and O–H groups in total. The SMILES string of the molecule is CCOC(=O)NN=C(Cc1ccccc1)Cc1ccccc1. The van der Waals surface area contributed by atoms with Gasteiger partial charge in [0.15, 0.2) is 0 Å².